The Morgan fingerprint density at radius 2 is 1.63 bits per heavy atom. The van der Waals surface area contributed by atoms with Gasteiger partial charge in [-0.15, -0.1) is 0 Å². The van der Waals surface area contributed by atoms with E-state index in [1.165, 1.54) is 70.7 Å². The first-order chi connectivity index (χ1) is 18.2. The molecule has 0 amide bonds. The minimum Gasteiger partial charge on any atom is -0.445 e. The van der Waals surface area contributed by atoms with Gasteiger partial charge in [0.25, 0.3) is 0 Å². The van der Waals surface area contributed by atoms with Crippen molar-refractivity contribution in [1.82, 2.24) is 9.97 Å². The molecule has 0 fully saturated rings. The smallest absolute Gasteiger partial charge is 0.307 e. The second-order valence-electron chi connectivity index (χ2n) is 10.3. The average Bonchev–Trinajstić information content (AvgIpc) is 3.60. The molecule has 0 saturated carbocycles. The van der Waals surface area contributed by atoms with Crippen molar-refractivity contribution in [2.24, 2.45) is 5.92 Å². The summed E-state index contributed by atoms with van der Waals surface area (Å²) in [5.74, 6) is 0.612. The normalized spacial score (nSPS) is 16.5. The number of nitrogens with zero attached hydrogens (tertiary/aromatic N) is 2. The number of rotatable bonds is 20. The van der Waals surface area contributed by atoms with Crippen LogP contribution in [0.5, 0.6) is 0 Å². The SMILES string of the molecule is CCC(C)CCCCCCCCCCC(=O)O[C@@H](c1cnco1)c1nc([C@@H](O)C[C@@H](O)[C@@H](O)[C@@H](C)O)co1. The lowest BCUT2D eigenvalue weighted by molar-refractivity contribution is -0.149. The molecule has 0 aromatic carbocycles. The lowest BCUT2D eigenvalue weighted by Gasteiger charge is -2.21. The lowest BCUT2D eigenvalue weighted by atomic mass is 9.99. The maximum Gasteiger partial charge on any atom is 0.307 e. The predicted molar refractivity (Wildman–Crippen MR) is 140 cm³/mol. The summed E-state index contributed by atoms with van der Waals surface area (Å²) in [6.07, 6.45) is 9.05. The Morgan fingerprint density at radius 3 is 2.24 bits per heavy atom. The molecule has 10 nitrogen and oxygen atoms in total. The first kappa shape index (κ1) is 31.9. The molecule has 0 bridgehead atoms. The third kappa shape index (κ3) is 11.2. The number of hydrogen-bond donors (Lipinski definition) is 4. The fourth-order valence-corrected chi connectivity index (χ4v) is 4.19. The van der Waals surface area contributed by atoms with Gasteiger partial charge in [-0.25, -0.2) is 9.97 Å². The van der Waals surface area contributed by atoms with Gasteiger partial charge in [0, 0.05) is 12.8 Å². The Bertz CT molecular complexity index is 885. The van der Waals surface area contributed by atoms with Gasteiger partial charge in [0.05, 0.1) is 18.4 Å². The number of ether oxygens (including phenoxy) is 1. The zero-order chi connectivity index (χ0) is 27.9. The van der Waals surface area contributed by atoms with E-state index >= 15 is 0 Å². The summed E-state index contributed by atoms with van der Waals surface area (Å²) in [6, 6.07) is 0. The van der Waals surface area contributed by atoms with Crippen LogP contribution in [0.3, 0.4) is 0 Å². The van der Waals surface area contributed by atoms with E-state index in [0.717, 1.165) is 25.2 Å². The number of unbranched alkanes of at least 4 members (excludes halogenated alkanes) is 7. The lowest BCUT2D eigenvalue weighted by Crippen LogP contribution is -2.36. The number of aliphatic hydroxyl groups is 4. The van der Waals surface area contributed by atoms with Gasteiger partial charge in [0.2, 0.25) is 12.0 Å². The molecular weight excluding hydrogens is 492 g/mol. The topological polar surface area (TPSA) is 159 Å². The van der Waals surface area contributed by atoms with E-state index in [-0.39, 0.29) is 30.2 Å². The number of hydrogen-bond acceptors (Lipinski definition) is 10. The molecule has 1 unspecified atom stereocenters. The quantitative estimate of drug-likeness (QED) is 0.137. The molecule has 38 heavy (non-hydrogen) atoms. The molecule has 2 rings (SSSR count). The van der Waals surface area contributed by atoms with Crippen molar-refractivity contribution in [3.63, 3.8) is 0 Å². The minimum absolute atomic E-state index is 0.0111. The summed E-state index contributed by atoms with van der Waals surface area (Å²) in [4.78, 5) is 20.6. The van der Waals surface area contributed by atoms with E-state index in [0.29, 0.717) is 0 Å². The van der Waals surface area contributed by atoms with Gasteiger partial charge in [-0.3, -0.25) is 4.79 Å². The van der Waals surface area contributed by atoms with Crippen molar-refractivity contribution in [2.75, 3.05) is 0 Å². The summed E-state index contributed by atoms with van der Waals surface area (Å²) in [5.41, 5.74) is 0.0808. The molecule has 0 aliphatic heterocycles. The molecule has 216 valence electrons. The number of carbonyl (C=O) groups excluding carboxylic acids is 1. The maximum atomic E-state index is 12.5. The summed E-state index contributed by atoms with van der Waals surface area (Å²) < 4.78 is 16.4. The van der Waals surface area contributed by atoms with Crippen molar-refractivity contribution >= 4 is 5.97 Å². The highest BCUT2D eigenvalue weighted by molar-refractivity contribution is 5.69. The van der Waals surface area contributed by atoms with Crippen LogP contribution in [0.25, 0.3) is 0 Å². The van der Waals surface area contributed by atoms with Crippen LogP contribution in [0.1, 0.15) is 127 Å². The maximum absolute atomic E-state index is 12.5. The summed E-state index contributed by atoms with van der Waals surface area (Å²) in [7, 11) is 0. The van der Waals surface area contributed by atoms with Gasteiger partial charge < -0.3 is 34.0 Å². The molecule has 0 aliphatic carbocycles. The van der Waals surface area contributed by atoms with Crippen molar-refractivity contribution in [2.45, 2.75) is 128 Å². The first-order valence-electron chi connectivity index (χ1n) is 14.0. The van der Waals surface area contributed by atoms with Crippen molar-refractivity contribution in [3.05, 3.63) is 36.2 Å². The number of carbonyl (C=O) groups is 1. The molecule has 0 aliphatic rings. The standard InChI is InChI=1S/C28H46N2O8/c1-4-19(2)13-11-9-7-5-6-8-10-12-14-25(34)38-27(24-16-29-18-37-24)28-30-21(17-36-28)22(32)15-23(33)26(35)20(3)31/h16-20,22-23,26-27,31-33,35H,4-15H2,1-3H3/t19?,20-,22+,23-,26+,27+/m1/s1. The fraction of sp³-hybridized carbons (Fsp3) is 0.750. The Kier molecular flexibility index (Phi) is 14.6. The largest absolute Gasteiger partial charge is 0.445 e. The number of esters is 1. The van der Waals surface area contributed by atoms with Crippen LogP contribution in [0, 0.1) is 5.92 Å². The van der Waals surface area contributed by atoms with E-state index in [2.05, 4.69) is 23.8 Å². The summed E-state index contributed by atoms with van der Waals surface area (Å²) in [6.45, 7) is 5.89. The number of aliphatic hydroxyl groups excluding tert-OH is 4. The zero-order valence-electron chi connectivity index (χ0n) is 23.0. The average molecular weight is 539 g/mol. The third-order valence-corrected chi connectivity index (χ3v) is 6.94. The van der Waals surface area contributed by atoms with Crippen molar-refractivity contribution in [1.29, 1.82) is 0 Å². The van der Waals surface area contributed by atoms with Crippen LogP contribution in [0.4, 0.5) is 0 Å². The highest BCUT2D eigenvalue weighted by Gasteiger charge is 2.30. The van der Waals surface area contributed by atoms with E-state index in [1.807, 2.05) is 0 Å². The summed E-state index contributed by atoms with van der Waals surface area (Å²) in [5, 5.41) is 39.6. The zero-order valence-corrected chi connectivity index (χ0v) is 23.0. The van der Waals surface area contributed by atoms with Gasteiger partial charge in [0.1, 0.15) is 24.2 Å². The third-order valence-electron chi connectivity index (χ3n) is 6.94. The van der Waals surface area contributed by atoms with Crippen molar-refractivity contribution < 1.29 is 38.8 Å². The molecule has 10 heteroatoms. The molecule has 0 spiro atoms. The van der Waals surface area contributed by atoms with Gasteiger partial charge >= 0.3 is 5.97 Å². The van der Waals surface area contributed by atoms with E-state index in [9.17, 15) is 25.2 Å². The Labute approximate surface area is 225 Å². The van der Waals surface area contributed by atoms with Gasteiger partial charge in [-0.2, -0.15) is 0 Å². The van der Waals surface area contributed by atoms with Crippen LogP contribution < -0.4 is 0 Å². The van der Waals surface area contributed by atoms with E-state index < -0.39 is 36.5 Å². The molecule has 2 aromatic heterocycles. The predicted octanol–water partition coefficient (Wildman–Crippen LogP) is 4.77. The van der Waals surface area contributed by atoms with Gasteiger partial charge in [0.15, 0.2) is 12.2 Å². The Morgan fingerprint density at radius 1 is 0.974 bits per heavy atom. The molecule has 0 saturated heterocycles. The fourth-order valence-electron chi connectivity index (χ4n) is 4.19. The second-order valence-corrected chi connectivity index (χ2v) is 10.3. The molecule has 2 aromatic rings. The minimum atomic E-state index is -1.42. The Hall–Kier alpha value is -2.27. The molecule has 0 radical (unpaired) electrons. The molecule has 4 N–H and O–H groups in total. The first-order valence-corrected chi connectivity index (χ1v) is 14.0. The Balaban J connectivity index is 1.77. The van der Waals surface area contributed by atoms with Crippen LogP contribution in [-0.2, 0) is 9.53 Å². The highest BCUT2D eigenvalue weighted by atomic mass is 16.6. The van der Waals surface area contributed by atoms with Crippen LogP contribution in [-0.4, -0.2) is 54.7 Å². The summed E-state index contributed by atoms with van der Waals surface area (Å²) >= 11 is 0. The second kappa shape index (κ2) is 17.3. The number of aromatic nitrogens is 2. The van der Waals surface area contributed by atoms with Crippen LogP contribution in [0.2, 0.25) is 0 Å². The van der Waals surface area contributed by atoms with Gasteiger partial charge in [-0.05, 0) is 19.3 Å². The van der Waals surface area contributed by atoms with Crippen molar-refractivity contribution in [3.8, 4) is 0 Å². The number of oxazole rings is 2. The molecule has 6 atom stereocenters. The molecule has 2 heterocycles. The molecular formula is C28H46N2O8. The van der Waals surface area contributed by atoms with E-state index in [1.54, 1.807) is 0 Å². The van der Waals surface area contributed by atoms with E-state index in [4.69, 9.17) is 13.6 Å². The monoisotopic (exact) mass is 538 g/mol. The van der Waals surface area contributed by atoms with Crippen LogP contribution in [0.15, 0.2) is 27.7 Å². The van der Waals surface area contributed by atoms with Crippen LogP contribution >= 0.6 is 0 Å². The van der Waals surface area contributed by atoms with Gasteiger partial charge in [-0.1, -0.05) is 71.6 Å². The highest BCUT2D eigenvalue weighted by Crippen LogP contribution is 2.29.